The van der Waals surface area contributed by atoms with E-state index in [0.717, 1.165) is 50.0 Å². The molecule has 30 heavy (non-hydrogen) atoms. The number of likely N-dealkylation sites (N-methyl/N-ethyl adjacent to an activating group) is 1. The molecule has 0 saturated carbocycles. The van der Waals surface area contributed by atoms with E-state index >= 15 is 0 Å². The minimum absolute atomic E-state index is 0. The maximum Gasteiger partial charge on any atom is 0.243 e. The first-order valence-corrected chi connectivity index (χ1v) is 10.9. The second-order valence-electron chi connectivity index (χ2n) is 7.15. The second kappa shape index (κ2) is 12.8. The van der Waals surface area contributed by atoms with Crippen molar-refractivity contribution in [1.82, 2.24) is 30.3 Å². The third-order valence-corrected chi connectivity index (χ3v) is 5.89. The lowest BCUT2D eigenvalue weighted by molar-refractivity contribution is -0.127. The number of carbonyl (C=O) groups excluding carboxylic acids is 1. The molecule has 0 atom stereocenters. The summed E-state index contributed by atoms with van der Waals surface area (Å²) < 4.78 is 0. The molecule has 164 valence electrons. The van der Waals surface area contributed by atoms with Crippen LogP contribution in [0.3, 0.4) is 0 Å². The third kappa shape index (κ3) is 7.46. The summed E-state index contributed by atoms with van der Waals surface area (Å²) >= 11 is 1.81. The number of piperidine rings is 1. The van der Waals surface area contributed by atoms with Crippen LogP contribution in [0.25, 0.3) is 0 Å². The lowest BCUT2D eigenvalue weighted by atomic mass is 9.96. The molecule has 10 heteroatoms. The molecule has 0 unspecified atom stereocenters. The number of aromatic amines is 1. The monoisotopic (exact) mass is 543 g/mol. The quantitative estimate of drug-likeness (QED) is 0.183. The molecule has 2 aromatic rings. The zero-order chi connectivity index (χ0) is 20.5. The van der Waals surface area contributed by atoms with Crippen LogP contribution in [0.5, 0.6) is 0 Å². The molecular weight excluding hydrogens is 513 g/mol. The Morgan fingerprint density at radius 1 is 1.30 bits per heavy atom. The first kappa shape index (κ1) is 24.4. The molecule has 2 N–H and O–H groups in total. The average Bonchev–Trinajstić information content (AvgIpc) is 3.29. The Balaban J connectivity index is 0.00000320. The molecule has 1 fully saturated rings. The van der Waals surface area contributed by atoms with Gasteiger partial charge in [-0.15, -0.1) is 35.7 Å². The molecule has 0 bridgehead atoms. The molecule has 3 rings (SSSR count). The fourth-order valence-electron chi connectivity index (χ4n) is 3.18. The van der Waals surface area contributed by atoms with Crippen LogP contribution in [0, 0.1) is 0 Å². The summed E-state index contributed by atoms with van der Waals surface area (Å²) in [5, 5.41) is 10.4. The van der Waals surface area contributed by atoms with Crippen LogP contribution in [0.1, 0.15) is 24.6 Å². The minimum Gasteiger partial charge on any atom is -0.355 e. The van der Waals surface area contributed by atoms with Gasteiger partial charge >= 0.3 is 0 Å². The van der Waals surface area contributed by atoms with E-state index in [2.05, 4.69) is 42.5 Å². The first-order valence-electron chi connectivity index (χ1n) is 9.90. The van der Waals surface area contributed by atoms with E-state index in [9.17, 15) is 4.79 Å². The van der Waals surface area contributed by atoms with Crippen molar-refractivity contribution in [2.45, 2.75) is 23.7 Å². The van der Waals surface area contributed by atoms with Crippen molar-refractivity contribution in [3.8, 4) is 0 Å². The summed E-state index contributed by atoms with van der Waals surface area (Å²) in [7, 11) is 3.51. The summed E-state index contributed by atoms with van der Waals surface area (Å²) in [6.07, 6.45) is 3.53. The average molecular weight is 543 g/mol. The highest BCUT2D eigenvalue weighted by molar-refractivity contribution is 14.0. The first-order chi connectivity index (χ1) is 14.1. The standard InChI is InChI=1S/C20H29N7OS.HI/c1-26(2)18(28)14-22-20(21-10-13-29-17-6-4-3-5-7-17)27-11-8-16(9-12-27)19-23-15-24-25-19;/h3-7,15-16H,8-14H2,1-2H3,(H,21,22)(H,23,24,25);1H. The van der Waals surface area contributed by atoms with E-state index in [-0.39, 0.29) is 36.4 Å². The van der Waals surface area contributed by atoms with Crippen LogP contribution in [0.15, 0.2) is 46.5 Å². The maximum atomic E-state index is 12.0. The Labute approximate surface area is 199 Å². The van der Waals surface area contributed by atoms with Crippen LogP contribution in [-0.2, 0) is 4.79 Å². The zero-order valence-corrected chi connectivity index (χ0v) is 20.6. The van der Waals surface area contributed by atoms with Crippen LogP contribution in [0.4, 0.5) is 0 Å². The number of benzene rings is 1. The van der Waals surface area contributed by atoms with Gasteiger partial charge in [0.1, 0.15) is 18.7 Å². The van der Waals surface area contributed by atoms with E-state index in [0.29, 0.717) is 5.92 Å². The van der Waals surface area contributed by atoms with Crippen molar-refractivity contribution < 1.29 is 4.79 Å². The summed E-state index contributed by atoms with van der Waals surface area (Å²) in [5.41, 5.74) is 0. The number of likely N-dealkylation sites (tertiary alicyclic amines) is 1. The van der Waals surface area contributed by atoms with Crippen molar-refractivity contribution in [1.29, 1.82) is 0 Å². The van der Waals surface area contributed by atoms with Gasteiger partial charge in [0.15, 0.2) is 5.96 Å². The smallest absolute Gasteiger partial charge is 0.243 e. The van der Waals surface area contributed by atoms with E-state index < -0.39 is 0 Å². The molecule has 1 aliphatic heterocycles. The van der Waals surface area contributed by atoms with Crippen molar-refractivity contribution in [3.63, 3.8) is 0 Å². The fourth-order valence-corrected chi connectivity index (χ4v) is 3.97. The van der Waals surface area contributed by atoms with Gasteiger partial charge < -0.3 is 15.1 Å². The maximum absolute atomic E-state index is 12.0. The van der Waals surface area contributed by atoms with Crippen LogP contribution in [0.2, 0.25) is 0 Å². The summed E-state index contributed by atoms with van der Waals surface area (Å²) in [6, 6.07) is 10.4. The number of nitrogens with one attached hydrogen (secondary N) is 2. The molecule has 1 amide bonds. The van der Waals surface area contributed by atoms with Crippen molar-refractivity contribution in [2.75, 3.05) is 46.0 Å². The Bertz CT molecular complexity index is 778. The zero-order valence-electron chi connectivity index (χ0n) is 17.5. The van der Waals surface area contributed by atoms with Gasteiger partial charge in [0.05, 0.1) is 0 Å². The molecule has 1 aliphatic rings. The lowest BCUT2D eigenvalue weighted by Gasteiger charge is -2.33. The number of rotatable bonds is 7. The fraction of sp³-hybridized carbons (Fsp3) is 0.500. The molecule has 8 nitrogen and oxygen atoms in total. The highest BCUT2D eigenvalue weighted by Gasteiger charge is 2.24. The Morgan fingerprint density at radius 2 is 2.03 bits per heavy atom. The highest BCUT2D eigenvalue weighted by atomic mass is 127. The molecule has 0 aliphatic carbocycles. The van der Waals surface area contributed by atoms with Crippen molar-refractivity contribution in [2.24, 2.45) is 4.99 Å². The lowest BCUT2D eigenvalue weighted by Crippen LogP contribution is -2.46. The number of hydrogen-bond acceptors (Lipinski definition) is 5. The Kier molecular flexibility index (Phi) is 10.4. The number of amides is 1. The van der Waals surface area contributed by atoms with E-state index in [4.69, 9.17) is 0 Å². The third-order valence-electron chi connectivity index (χ3n) is 4.87. The van der Waals surface area contributed by atoms with Crippen LogP contribution < -0.4 is 5.32 Å². The van der Waals surface area contributed by atoms with E-state index in [1.54, 1.807) is 37.1 Å². The molecular formula is C20H30IN7OS. The van der Waals surface area contributed by atoms with Gasteiger partial charge in [0, 0.05) is 50.3 Å². The number of guanidine groups is 1. The summed E-state index contributed by atoms with van der Waals surface area (Å²) in [4.78, 5) is 26.0. The number of thioether (sulfide) groups is 1. The van der Waals surface area contributed by atoms with E-state index in [1.165, 1.54) is 4.90 Å². The number of H-pyrrole nitrogens is 1. The number of aliphatic imine (C=N–C) groups is 1. The van der Waals surface area contributed by atoms with Gasteiger partial charge in [-0.05, 0) is 25.0 Å². The number of aromatic nitrogens is 3. The predicted octanol–water partition coefficient (Wildman–Crippen LogP) is 2.43. The summed E-state index contributed by atoms with van der Waals surface area (Å²) in [5.74, 6) is 3.09. The number of carbonyl (C=O) groups is 1. The SMILES string of the molecule is CN(C)C(=O)CN=C(NCCSc1ccccc1)N1CCC(c2ncn[nH]2)CC1.I. The Morgan fingerprint density at radius 3 is 2.67 bits per heavy atom. The number of halogens is 1. The van der Waals surface area contributed by atoms with Crippen molar-refractivity contribution in [3.05, 3.63) is 42.5 Å². The number of hydrogen-bond donors (Lipinski definition) is 2. The van der Waals surface area contributed by atoms with Crippen molar-refractivity contribution >= 4 is 47.6 Å². The molecule has 1 saturated heterocycles. The molecule has 0 spiro atoms. The van der Waals surface area contributed by atoms with Gasteiger partial charge in [0.25, 0.3) is 0 Å². The Hall–Kier alpha value is -1.82. The van der Waals surface area contributed by atoms with Gasteiger partial charge in [-0.1, -0.05) is 18.2 Å². The van der Waals surface area contributed by atoms with Crippen LogP contribution >= 0.6 is 35.7 Å². The normalized spacial score (nSPS) is 14.9. The van der Waals surface area contributed by atoms with Gasteiger partial charge in [0.2, 0.25) is 5.91 Å². The molecule has 0 radical (unpaired) electrons. The molecule has 1 aromatic heterocycles. The van der Waals surface area contributed by atoms with Gasteiger partial charge in [-0.2, -0.15) is 5.10 Å². The predicted molar refractivity (Wildman–Crippen MR) is 132 cm³/mol. The van der Waals surface area contributed by atoms with Gasteiger partial charge in [-0.25, -0.2) is 9.98 Å². The highest BCUT2D eigenvalue weighted by Crippen LogP contribution is 2.25. The largest absolute Gasteiger partial charge is 0.355 e. The minimum atomic E-state index is -0.000457. The number of nitrogens with zero attached hydrogens (tertiary/aromatic N) is 5. The van der Waals surface area contributed by atoms with Crippen LogP contribution in [-0.4, -0.2) is 82.9 Å². The summed E-state index contributed by atoms with van der Waals surface area (Å²) in [6.45, 7) is 2.69. The van der Waals surface area contributed by atoms with Gasteiger partial charge in [-0.3, -0.25) is 9.89 Å². The molecule has 2 heterocycles. The second-order valence-corrected chi connectivity index (χ2v) is 8.32. The topological polar surface area (TPSA) is 89.5 Å². The van der Waals surface area contributed by atoms with E-state index in [1.807, 2.05) is 18.2 Å². The molecule has 1 aromatic carbocycles.